The molecule has 2 amide bonds. The van der Waals surface area contributed by atoms with E-state index in [0.717, 1.165) is 32.5 Å². The molecule has 2 aliphatic heterocycles. The molecule has 150 valence electrons. The molecule has 2 heterocycles. The number of carbonyl (C=O) groups is 2. The first-order valence-corrected chi connectivity index (χ1v) is 9.59. The molecule has 27 heavy (non-hydrogen) atoms. The average molecular weight is 395 g/mol. The monoisotopic (exact) mass is 394 g/mol. The minimum Gasteiger partial charge on any atom is -0.352 e. The molecule has 2 aliphatic rings. The Balaban J connectivity index is 0.00000261. The molecular weight excluding hydrogens is 364 g/mol. The summed E-state index contributed by atoms with van der Waals surface area (Å²) in [6.45, 7) is 5.75. The highest BCUT2D eigenvalue weighted by molar-refractivity contribution is 5.85. The minimum absolute atomic E-state index is 0. The summed E-state index contributed by atoms with van der Waals surface area (Å²) in [6.07, 6.45) is 1.88. The third kappa shape index (κ3) is 5.67. The zero-order chi connectivity index (χ0) is 18.5. The predicted octanol–water partition coefficient (Wildman–Crippen LogP) is 1.21. The van der Waals surface area contributed by atoms with Crippen LogP contribution in [0.4, 0.5) is 0 Å². The molecule has 3 atom stereocenters. The van der Waals surface area contributed by atoms with Crippen LogP contribution in [0.1, 0.15) is 31.2 Å². The van der Waals surface area contributed by atoms with Gasteiger partial charge in [-0.05, 0) is 30.9 Å². The van der Waals surface area contributed by atoms with Gasteiger partial charge in [0.15, 0.2) is 0 Å². The summed E-state index contributed by atoms with van der Waals surface area (Å²) < 4.78 is 0. The molecule has 0 radical (unpaired) electrons. The highest BCUT2D eigenvalue weighted by Gasteiger charge is 2.34. The molecular formula is C20H31ClN4O2. The van der Waals surface area contributed by atoms with Gasteiger partial charge in [0, 0.05) is 45.1 Å². The summed E-state index contributed by atoms with van der Waals surface area (Å²) >= 11 is 0. The maximum atomic E-state index is 12.8. The van der Waals surface area contributed by atoms with Crippen molar-refractivity contribution in [3.05, 3.63) is 35.9 Å². The van der Waals surface area contributed by atoms with E-state index in [9.17, 15) is 9.59 Å². The number of halogens is 1. The number of rotatable bonds is 5. The third-order valence-corrected chi connectivity index (χ3v) is 5.59. The van der Waals surface area contributed by atoms with E-state index in [1.54, 1.807) is 0 Å². The molecule has 0 bridgehead atoms. The number of hydrogen-bond donors (Lipinski definition) is 2. The molecule has 0 saturated carbocycles. The van der Waals surface area contributed by atoms with E-state index in [2.05, 4.69) is 34.5 Å². The Labute approximate surface area is 167 Å². The van der Waals surface area contributed by atoms with Crippen molar-refractivity contribution in [2.75, 3.05) is 39.3 Å². The van der Waals surface area contributed by atoms with E-state index in [1.807, 2.05) is 11.0 Å². The van der Waals surface area contributed by atoms with Crippen LogP contribution in [0.2, 0.25) is 0 Å². The molecule has 1 aromatic rings. The van der Waals surface area contributed by atoms with Crippen molar-refractivity contribution in [1.29, 1.82) is 0 Å². The fraction of sp³-hybridized carbons (Fsp3) is 0.600. The maximum absolute atomic E-state index is 12.8. The zero-order valence-corrected chi connectivity index (χ0v) is 16.8. The largest absolute Gasteiger partial charge is 0.352 e. The predicted molar refractivity (Wildman–Crippen MR) is 109 cm³/mol. The Morgan fingerprint density at radius 2 is 1.93 bits per heavy atom. The summed E-state index contributed by atoms with van der Waals surface area (Å²) in [5.41, 5.74) is 7.31. The molecule has 3 N–H and O–H groups in total. The van der Waals surface area contributed by atoms with Crippen LogP contribution in [0.5, 0.6) is 0 Å². The van der Waals surface area contributed by atoms with Crippen LogP contribution in [0.3, 0.4) is 0 Å². The number of hydrogen-bond acceptors (Lipinski definition) is 4. The van der Waals surface area contributed by atoms with E-state index in [0.29, 0.717) is 31.5 Å². The van der Waals surface area contributed by atoms with Gasteiger partial charge in [0.1, 0.15) is 0 Å². The first kappa shape index (κ1) is 21.7. The summed E-state index contributed by atoms with van der Waals surface area (Å²) in [5.74, 6) is 0.908. The van der Waals surface area contributed by atoms with Gasteiger partial charge in [-0.2, -0.15) is 0 Å². The molecule has 0 spiro atoms. The zero-order valence-electron chi connectivity index (χ0n) is 16.0. The number of nitrogens with zero attached hydrogens (tertiary/aromatic N) is 2. The third-order valence-electron chi connectivity index (χ3n) is 5.59. The van der Waals surface area contributed by atoms with E-state index >= 15 is 0 Å². The van der Waals surface area contributed by atoms with Gasteiger partial charge in [-0.15, -0.1) is 12.4 Å². The number of benzene rings is 1. The smallest absolute Gasteiger partial charge is 0.236 e. The van der Waals surface area contributed by atoms with Crippen molar-refractivity contribution in [2.24, 2.45) is 11.7 Å². The Kier molecular flexibility index (Phi) is 8.07. The normalized spacial score (nSPS) is 25.7. The first-order chi connectivity index (χ1) is 12.6. The van der Waals surface area contributed by atoms with Crippen molar-refractivity contribution < 1.29 is 9.59 Å². The average Bonchev–Trinajstić information content (AvgIpc) is 3.05. The number of carbonyl (C=O) groups excluding carboxylic acids is 2. The van der Waals surface area contributed by atoms with Crippen molar-refractivity contribution in [1.82, 2.24) is 15.1 Å². The first-order valence-electron chi connectivity index (χ1n) is 9.59. The van der Waals surface area contributed by atoms with Crippen molar-refractivity contribution in [3.8, 4) is 0 Å². The Morgan fingerprint density at radius 3 is 2.59 bits per heavy atom. The minimum atomic E-state index is -0.0275. The van der Waals surface area contributed by atoms with Gasteiger partial charge in [0.05, 0.1) is 6.54 Å². The number of amides is 2. The van der Waals surface area contributed by atoms with Crippen molar-refractivity contribution >= 4 is 24.2 Å². The van der Waals surface area contributed by atoms with Gasteiger partial charge >= 0.3 is 0 Å². The van der Waals surface area contributed by atoms with Gasteiger partial charge in [-0.3, -0.25) is 14.5 Å². The lowest BCUT2D eigenvalue weighted by Gasteiger charge is -2.34. The van der Waals surface area contributed by atoms with Crippen LogP contribution >= 0.6 is 12.4 Å². The van der Waals surface area contributed by atoms with Crippen LogP contribution < -0.4 is 11.1 Å². The Bertz CT molecular complexity index is 628. The molecule has 2 saturated heterocycles. The molecule has 7 heteroatoms. The second-order valence-corrected chi connectivity index (χ2v) is 7.59. The Morgan fingerprint density at radius 1 is 1.19 bits per heavy atom. The number of nitrogens with two attached hydrogens (primary N) is 1. The highest BCUT2D eigenvalue weighted by Crippen LogP contribution is 2.31. The van der Waals surface area contributed by atoms with Gasteiger partial charge < -0.3 is 16.0 Å². The van der Waals surface area contributed by atoms with Gasteiger partial charge in [-0.1, -0.05) is 30.3 Å². The lowest BCUT2D eigenvalue weighted by molar-refractivity contribution is -0.134. The van der Waals surface area contributed by atoms with E-state index in [-0.39, 0.29) is 30.3 Å². The fourth-order valence-corrected chi connectivity index (χ4v) is 4.31. The van der Waals surface area contributed by atoms with Gasteiger partial charge in [-0.25, -0.2) is 0 Å². The molecule has 0 aliphatic carbocycles. The Hall–Kier alpha value is -1.63. The van der Waals surface area contributed by atoms with E-state index in [1.165, 1.54) is 12.5 Å². The van der Waals surface area contributed by atoms with Crippen LogP contribution in [0, 0.1) is 5.92 Å². The SMILES string of the molecule is CC(=O)NC1CCCN(C(=O)CN2C[C@@H](CN)[C@H](c3ccccc3)C2)C1.Cl. The summed E-state index contributed by atoms with van der Waals surface area (Å²) in [7, 11) is 0. The van der Waals surface area contributed by atoms with Crippen molar-refractivity contribution in [2.45, 2.75) is 31.7 Å². The lowest BCUT2D eigenvalue weighted by Crippen LogP contribution is -2.51. The molecule has 1 aromatic carbocycles. The van der Waals surface area contributed by atoms with Gasteiger partial charge in [0.2, 0.25) is 11.8 Å². The van der Waals surface area contributed by atoms with Gasteiger partial charge in [0.25, 0.3) is 0 Å². The summed E-state index contributed by atoms with van der Waals surface area (Å²) in [4.78, 5) is 28.2. The number of nitrogens with one attached hydrogen (secondary N) is 1. The molecule has 3 rings (SSSR count). The molecule has 1 unspecified atom stereocenters. The highest BCUT2D eigenvalue weighted by atomic mass is 35.5. The van der Waals surface area contributed by atoms with E-state index < -0.39 is 0 Å². The fourth-order valence-electron chi connectivity index (χ4n) is 4.31. The van der Waals surface area contributed by atoms with E-state index in [4.69, 9.17) is 5.73 Å². The lowest BCUT2D eigenvalue weighted by atomic mass is 9.89. The molecule has 6 nitrogen and oxygen atoms in total. The second-order valence-electron chi connectivity index (χ2n) is 7.59. The van der Waals surface area contributed by atoms with Crippen LogP contribution in [0.25, 0.3) is 0 Å². The van der Waals surface area contributed by atoms with Crippen LogP contribution in [-0.4, -0.2) is 66.9 Å². The molecule has 2 fully saturated rings. The molecule has 0 aromatic heterocycles. The maximum Gasteiger partial charge on any atom is 0.236 e. The topological polar surface area (TPSA) is 78.7 Å². The second kappa shape index (κ2) is 10.1. The standard InChI is InChI=1S/C20H30N4O2.ClH/c1-15(25)22-18-8-5-9-24(12-18)20(26)14-23-11-17(10-21)19(13-23)16-6-3-2-4-7-16;/h2-4,6-7,17-19H,5,8-14,21H2,1H3,(H,22,25);1H/t17-,18?,19+;/m1./s1. The number of likely N-dealkylation sites (tertiary alicyclic amines) is 2. The van der Waals surface area contributed by atoms with Crippen LogP contribution in [-0.2, 0) is 9.59 Å². The van der Waals surface area contributed by atoms with Crippen molar-refractivity contribution in [3.63, 3.8) is 0 Å². The quantitative estimate of drug-likeness (QED) is 0.786. The summed E-state index contributed by atoms with van der Waals surface area (Å²) in [6, 6.07) is 10.5. The summed E-state index contributed by atoms with van der Waals surface area (Å²) in [5, 5.41) is 2.94. The number of piperidine rings is 1. The van der Waals surface area contributed by atoms with Crippen LogP contribution in [0.15, 0.2) is 30.3 Å².